The van der Waals surface area contributed by atoms with Crippen LogP contribution in [-0.4, -0.2) is 90.6 Å². The zero-order valence-electron chi connectivity index (χ0n) is 24.3. The Hall–Kier alpha value is -2.00. The van der Waals surface area contributed by atoms with Gasteiger partial charge in [0.25, 0.3) is 0 Å². The first-order valence-corrected chi connectivity index (χ1v) is 14.5. The van der Waals surface area contributed by atoms with Gasteiger partial charge in [-0.1, -0.05) is 32.1 Å². The molecular formula is C29H50N2O7. The first-order valence-electron chi connectivity index (χ1n) is 14.5. The fourth-order valence-corrected chi connectivity index (χ4v) is 4.97. The zero-order chi connectivity index (χ0) is 28.1. The van der Waals surface area contributed by atoms with E-state index in [-0.39, 0.29) is 31.1 Å². The lowest BCUT2D eigenvalue weighted by atomic mass is 9.96. The largest absolute Gasteiger partial charge is 0.463 e. The second-order valence-corrected chi connectivity index (χ2v) is 11.9. The number of Topliss-reactive ketones (excluding diaryl/α,β-unsaturated/α-hetero) is 1. The van der Waals surface area contributed by atoms with E-state index in [9.17, 15) is 19.2 Å². The third-order valence-corrected chi connectivity index (χ3v) is 7.12. The van der Waals surface area contributed by atoms with Crippen LogP contribution >= 0.6 is 0 Å². The number of rotatable bonds is 5. The Kier molecular flexibility index (Phi) is 13.7. The third-order valence-electron chi connectivity index (χ3n) is 7.12. The molecule has 38 heavy (non-hydrogen) atoms. The zero-order valence-corrected chi connectivity index (χ0v) is 24.3. The Balaban J connectivity index is 2.15. The number of hydrogen-bond acceptors (Lipinski definition) is 9. The molecule has 0 aromatic carbocycles. The van der Waals surface area contributed by atoms with Crippen molar-refractivity contribution in [3.05, 3.63) is 0 Å². The molecule has 0 aromatic heterocycles. The summed E-state index contributed by atoms with van der Waals surface area (Å²) >= 11 is 0. The van der Waals surface area contributed by atoms with Crippen LogP contribution in [0.4, 0.5) is 0 Å². The van der Waals surface area contributed by atoms with E-state index in [1.807, 2.05) is 18.9 Å². The maximum atomic E-state index is 13.9. The van der Waals surface area contributed by atoms with Crippen molar-refractivity contribution in [2.45, 2.75) is 129 Å². The molecule has 9 nitrogen and oxygen atoms in total. The van der Waals surface area contributed by atoms with Crippen molar-refractivity contribution in [1.82, 2.24) is 9.80 Å². The number of esters is 3. The normalized spacial score (nSPS) is 26.4. The third kappa shape index (κ3) is 12.7. The smallest absolute Gasteiger partial charge is 0.308 e. The molecule has 2 heterocycles. The maximum Gasteiger partial charge on any atom is 0.308 e. The van der Waals surface area contributed by atoms with E-state index in [4.69, 9.17) is 14.2 Å². The SMILES string of the molecule is C[C@@H]1CCCCCCCCC[C@H](OC(=O)CCC(=O)OC(C)(C)C)C(=O)C(N2CCN(C)CC2)CC(=O)O1. The molecule has 2 fully saturated rings. The fourth-order valence-electron chi connectivity index (χ4n) is 4.97. The van der Waals surface area contributed by atoms with Gasteiger partial charge in [0, 0.05) is 26.2 Å². The van der Waals surface area contributed by atoms with Crippen LogP contribution in [-0.2, 0) is 33.4 Å². The molecule has 0 spiro atoms. The van der Waals surface area contributed by atoms with Crippen molar-refractivity contribution in [2.75, 3.05) is 33.2 Å². The van der Waals surface area contributed by atoms with E-state index in [0.717, 1.165) is 64.5 Å². The average Bonchev–Trinajstić information content (AvgIpc) is 2.83. The standard InChI is InChI=1S/C29H50N2O7/c1-22-13-11-9-7-6-8-10-12-14-24(37-25(32)15-16-26(33)38-29(2,3)4)28(35)23(21-27(34)36-22)31-19-17-30(5)18-20-31/h22-24H,6-21H2,1-5H3/t22-,23?,24+/m1/s1. The molecule has 2 aliphatic heterocycles. The van der Waals surface area contributed by atoms with Crippen molar-refractivity contribution in [3.63, 3.8) is 0 Å². The fraction of sp³-hybridized carbons (Fsp3) is 0.862. The molecule has 0 N–H and O–H groups in total. The van der Waals surface area contributed by atoms with Crippen molar-refractivity contribution >= 4 is 23.7 Å². The van der Waals surface area contributed by atoms with Crippen molar-refractivity contribution in [3.8, 4) is 0 Å². The number of ether oxygens (including phenoxy) is 3. The van der Waals surface area contributed by atoms with Crippen LogP contribution in [0.25, 0.3) is 0 Å². The molecule has 3 atom stereocenters. The highest BCUT2D eigenvalue weighted by Gasteiger charge is 2.37. The topological polar surface area (TPSA) is 102 Å². The van der Waals surface area contributed by atoms with E-state index < -0.39 is 35.7 Å². The number of hydrogen-bond donors (Lipinski definition) is 0. The number of carbonyl (C=O) groups excluding carboxylic acids is 4. The average molecular weight is 539 g/mol. The van der Waals surface area contributed by atoms with Gasteiger partial charge in [-0.3, -0.25) is 24.1 Å². The quantitative estimate of drug-likeness (QED) is 0.379. The van der Waals surface area contributed by atoms with Crippen molar-refractivity contribution in [2.24, 2.45) is 0 Å². The molecule has 0 radical (unpaired) electrons. The van der Waals surface area contributed by atoms with Gasteiger partial charge in [-0.15, -0.1) is 0 Å². The lowest BCUT2D eigenvalue weighted by Gasteiger charge is -2.38. The second-order valence-electron chi connectivity index (χ2n) is 11.9. The predicted octanol–water partition coefficient (Wildman–Crippen LogP) is 4.05. The number of carbonyl (C=O) groups is 4. The Bertz CT molecular complexity index is 771. The highest BCUT2D eigenvalue weighted by molar-refractivity contribution is 5.93. The predicted molar refractivity (Wildman–Crippen MR) is 145 cm³/mol. The number of cyclic esters (lactones) is 1. The Morgan fingerprint density at radius 3 is 2.03 bits per heavy atom. The Morgan fingerprint density at radius 1 is 0.868 bits per heavy atom. The van der Waals surface area contributed by atoms with E-state index in [2.05, 4.69) is 4.90 Å². The van der Waals surface area contributed by atoms with Crippen molar-refractivity contribution < 1.29 is 33.4 Å². The lowest BCUT2D eigenvalue weighted by Crippen LogP contribution is -2.54. The Morgan fingerprint density at radius 2 is 1.42 bits per heavy atom. The molecular weight excluding hydrogens is 488 g/mol. The van der Waals surface area contributed by atoms with Crippen LogP contribution in [0, 0.1) is 0 Å². The van der Waals surface area contributed by atoms with Crippen LogP contribution < -0.4 is 0 Å². The second kappa shape index (κ2) is 16.2. The summed E-state index contributed by atoms with van der Waals surface area (Å²) in [5.41, 5.74) is -0.637. The van der Waals surface area contributed by atoms with Gasteiger partial charge in [-0.25, -0.2) is 0 Å². The molecule has 0 aliphatic carbocycles. The molecule has 0 amide bonds. The van der Waals surface area contributed by atoms with Gasteiger partial charge in [0.1, 0.15) is 5.60 Å². The summed E-state index contributed by atoms with van der Waals surface area (Å²) in [4.78, 5) is 55.8. The summed E-state index contributed by atoms with van der Waals surface area (Å²) < 4.78 is 16.7. The van der Waals surface area contributed by atoms with Crippen LogP contribution in [0.15, 0.2) is 0 Å². The molecule has 2 aliphatic rings. The minimum atomic E-state index is -0.955. The maximum absolute atomic E-state index is 13.9. The first-order chi connectivity index (χ1) is 17.9. The monoisotopic (exact) mass is 538 g/mol. The minimum absolute atomic E-state index is 0.0567. The number of ketones is 1. The highest BCUT2D eigenvalue weighted by atomic mass is 16.6. The molecule has 2 rings (SSSR count). The van der Waals surface area contributed by atoms with Gasteiger partial charge < -0.3 is 19.1 Å². The molecule has 1 unspecified atom stereocenters. The van der Waals surface area contributed by atoms with Crippen LogP contribution in [0.1, 0.15) is 105 Å². The highest BCUT2D eigenvalue weighted by Crippen LogP contribution is 2.21. The number of nitrogens with zero attached hydrogens (tertiary/aromatic N) is 2. The van der Waals surface area contributed by atoms with Gasteiger partial charge in [-0.2, -0.15) is 0 Å². The van der Waals surface area contributed by atoms with Crippen molar-refractivity contribution in [1.29, 1.82) is 0 Å². The summed E-state index contributed by atoms with van der Waals surface area (Å²) in [6.07, 6.45) is 6.93. The van der Waals surface area contributed by atoms with Crippen LogP contribution in [0.5, 0.6) is 0 Å². The van der Waals surface area contributed by atoms with Crippen LogP contribution in [0.3, 0.4) is 0 Å². The summed E-state index contributed by atoms with van der Waals surface area (Å²) in [5, 5.41) is 0. The molecule has 9 heteroatoms. The van der Waals surface area contributed by atoms with Gasteiger partial charge in [-0.05, 0) is 60.4 Å². The van der Waals surface area contributed by atoms with E-state index in [0.29, 0.717) is 19.5 Å². The summed E-state index contributed by atoms with van der Waals surface area (Å²) in [6.45, 7) is 10.1. The number of likely N-dealkylation sites (N-methyl/N-ethyl adjacent to an activating group) is 1. The molecule has 218 valence electrons. The summed E-state index contributed by atoms with van der Waals surface area (Å²) in [7, 11) is 2.03. The Labute approximate surface area is 228 Å². The summed E-state index contributed by atoms with van der Waals surface area (Å²) in [6, 6.07) is -0.708. The summed E-state index contributed by atoms with van der Waals surface area (Å²) in [5.74, 6) is -1.73. The first kappa shape index (κ1) is 32.2. The number of piperazine rings is 1. The molecule has 0 aromatic rings. The van der Waals surface area contributed by atoms with Gasteiger partial charge >= 0.3 is 17.9 Å². The lowest BCUT2D eigenvalue weighted by molar-refractivity contribution is -0.163. The van der Waals surface area contributed by atoms with Gasteiger partial charge in [0.05, 0.1) is 31.4 Å². The van der Waals surface area contributed by atoms with E-state index >= 15 is 0 Å². The van der Waals surface area contributed by atoms with E-state index in [1.54, 1.807) is 20.8 Å². The molecule has 0 bridgehead atoms. The molecule has 0 saturated carbocycles. The van der Waals surface area contributed by atoms with Gasteiger partial charge in [0.15, 0.2) is 11.9 Å². The van der Waals surface area contributed by atoms with Crippen LogP contribution in [0.2, 0.25) is 0 Å². The van der Waals surface area contributed by atoms with Gasteiger partial charge in [0.2, 0.25) is 0 Å². The molecule has 2 saturated heterocycles. The van der Waals surface area contributed by atoms with E-state index in [1.165, 1.54) is 0 Å². The minimum Gasteiger partial charge on any atom is -0.463 e.